The standard InChI is InChI=1S/C13H22O4/c1-12(2,3)17-10(14)9-5-7-13(4,8-6-9)11(15)16/h9H,5-8H2,1-4H3,(H,15,16)/t9-,13-. The van der Waals surface area contributed by atoms with Gasteiger partial charge in [0.1, 0.15) is 5.60 Å². The molecule has 1 saturated carbocycles. The molecule has 4 nitrogen and oxygen atoms in total. The summed E-state index contributed by atoms with van der Waals surface area (Å²) in [6.45, 7) is 7.28. The van der Waals surface area contributed by atoms with Crippen LogP contribution in [-0.4, -0.2) is 22.6 Å². The van der Waals surface area contributed by atoms with Gasteiger partial charge < -0.3 is 9.84 Å². The predicted molar refractivity (Wildman–Crippen MR) is 63.5 cm³/mol. The number of aliphatic carboxylic acids is 1. The molecule has 0 aromatic heterocycles. The molecule has 0 atom stereocenters. The van der Waals surface area contributed by atoms with Crippen LogP contribution in [0.3, 0.4) is 0 Å². The van der Waals surface area contributed by atoms with Crippen molar-refractivity contribution in [3.8, 4) is 0 Å². The smallest absolute Gasteiger partial charge is 0.309 e. The molecule has 0 radical (unpaired) electrons. The molecule has 0 bridgehead atoms. The molecule has 0 amide bonds. The number of hydrogen-bond donors (Lipinski definition) is 1. The van der Waals surface area contributed by atoms with Gasteiger partial charge in [-0.2, -0.15) is 0 Å². The predicted octanol–water partition coefficient (Wildman–Crippen LogP) is 2.61. The maximum atomic E-state index is 11.8. The summed E-state index contributed by atoms with van der Waals surface area (Å²) < 4.78 is 5.32. The molecule has 0 saturated heterocycles. The van der Waals surface area contributed by atoms with Crippen molar-refractivity contribution in [2.75, 3.05) is 0 Å². The van der Waals surface area contributed by atoms with Crippen molar-refractivity contribution in [1.29, 1.82) is 0 Å². The first-order chi connectivity index (χ1) is 7.64. The van der Waals surface area contributed by atoms with Gasteiger partial charge >= 0.3 is 11.9 Å². The Hall–Kier alpha value is -1.06. The Labute approximate surface area is 102 Å². The third kappa shape index (κ3) is 3.72. The largest absolute Gasteiger partial charge is 0.481 e. The lowest BCUT2D eigenvalue weighted by atomic mass is 9.72. The second-order valence-electron chi connectivity index (χ2n) is 6.17. The Morgan fingerprint density at radius 3 is 2.06 bits per heavy atom. The van der Waals surface area contributed by atoms with E-state index in [1.165, 1.54) is 0 Å². The van der Waals surface area contributed by atoms with E-state index in [0.29, 0.717) is 25.7 Å². The van der Waals surface area contributed by atoms with E-state index in [9.17, 15) is 9.59 Å². The lowest BCUT2D eigenvalue weighted by Gasteiger charge is -2.34. The summed E-state index contributed by atoms with van der Waals surface area (Å²) in [4.78, 5) is 22.9. The SMILES string of the molecule is CC(C)(C)OC(=O)[C@H]1CC[C@](C)(C(=O)O)CC1. The molecule has 0 aromatic carbocycles. The fourth-order valence-electron chi connectivity index (χ4n) is 2.09. The molecule has 17 heavy (non-hydrogen) atoms. The van der Waals surface area contributed by atoms with Gasteiger partial charge in [0.2, 0.25) is 0 Å². The molecule has 1 fully saturated rings. The van der Waals surface area contributed by atoms with Crippen molar-refractivity contribution in [2.24, 2.45) is 11.3 Å². The molecule has 0 spiro atoms. The normalized spacial score (nSPS) is 29.8. The Morgan fingerprint density at radius 2 is 1.71 bits per heavy atom. The van der Waals surface area contributed by atoms with Crippen LogP contribution in [0, 0.1) is 11.3 Å². The highest BCUT2D eigenvalue weighted by molar-refractivity contribution is 5.76. The first kappa shape index (κ1) is 14.0. The minimum Gasteiger partial charge on any atom is -0.481 e. The molecular weight excluding hydrogens is 220 g/mol. The van der Waals surface area contributed by atoms with Crippen LogP contribution in [0.25, 0.3) is 0 Å². The zero-order valence-corrected chi connectivity index (χ0v) is 11.1. The second-order valence-corrected chi connectivity index (χ2v) is 6.17. The molecule has 4 heteroatoms. The van der Waals surface area contributed by atoms with Gasteiger partial charge in [0.05, 0.1) is 11.3 Å². The van der Waals surface area contributed by atoms with E-state index >= 15 is 0 Å². The first-order valence-electron chi connectivity index (χ1n) is 6.10. The van der Waals surface area contributed by atoms with Crippen molar-refractivity contribution < 1.29 is 19.4 Å². The lowest BCUT2D eigenvalue weighted by molar-refractivity contribution is -0.164. The molecule has 0 heterocycles. The van der Waals surface area contributed by atoms with Gasteiger partial charge in [0.25, 0.3) is 0 Å². The van der Waals surface area contributed by atoms with Crippen LogP contribution in [0.2, 0.25) is 0 Å². The van der Waals surface area contributed by atoms with E-state index in [-0.39, 0.29) is 11.9 Å². The third-order valence-electron chi connectivity index (χ3n) is 3.35. The fraction of sp³-hybridized carbons (Fsp3) is 0.846. The van der Waals surface area contributed by atoms with Gasteiger partial charge in [0, 0.05) is 0 Å². The number of esters is 1. The van der Waals surface area contributed by atoms with Crippen LogP contribution in [0.15, 0.2) is 0 Å². The minimum absolute atomic E-state index is 0.137. The van der Waals surface area contributed by atoms with Gasteiger partial charge in [-0.1, -0.05) is 0 Å². The number of carbonyl (C=O) groups is 2. The van der Waals surface area contributed by atoms with Crippen LogP contribution < -0.4 is 0 Å². The number of carboxylic acid groups (broad SMARTS) is 1. The van der Waals surface area contributed by atoms with Gasteiger partial charge in [0.15, 0.2) is 0 Å². The average molecular weight is 242 g/mol. The maximum absolute atomic E-state index is 11.8. The Kier molecular flexibility index (Phi) is 3.84. The molecule has 1 rings (SSSR count). The van der Waals surface area contributed by atoms with E-state index in [1.54, 1.807) is 6.92 Å². The molecule has 1 aliphatic rings. The zero-order valence-electron chi connectivity index (χ0n) is 11.1. The number of carbonyl (C=O) groups excluding carboxylic acids is 1. The number of ether oxygens (including phenoxy) is 1. The number of hydrogen-bond acceptors (Lipinski definition) is 3. The van der Waals surface area contributed by atoms with Crippen molar-refractivity contribution >= 4 is 11.9 Å². The molecule has 98 valence electrons. The van der Waals surface area contributed by atoms with Crippen molar-refractivity contribution in [3.63, 3.8) is 0 Å². The Bertz CT molecular complexity index is 306. The van der Waals surface area contributed by atoms with Gasteiger partial charge in [-0.3, -0.25) is 9.59 Å². The van der Waals surface area contributed by atoms with Crippen LogP contribution in [-0.2, 0) is 14.3 Å². The van der Waals surface area contributed by atoms with Crippen molar-refractivity contribution in [1.82, 2.24) is 0 Å². The summed E-state index contributed by atoms with van der Waals surface area (Å²) in [6, 6.07) is 0. The highest BCUT2D eigenvalue weighted by Gasteiger charge is 2.40. The minimum atomic E-state index is -0.764. The number of rotatable bonds is 2. The summed E-state index contributed by atoms with van der Waals surface area (Å²) in [5, 5.41) is 9.09. The molecule has 1 aliphatic carbocycles. The molecule has 0 aliphatic heterocycles. The second kappa shape index (κ2) is 4.67. The van der Waals surface area contributed by atoms with Gasteiger partial charge in [-0.05, 0) is 53.4 Å². The molecule has 0 unspecified atom stereocenters. The van der Waals surface area contributed by atoms with Gasteiger partial charge in [-0.15, -0.1) is 0 Å². The van der Waals surface area contributed by atoms with Crippen molar-refractivity contribution in [2.45, 2.75) is 59.0 Å². The maximum Gasteiger partial charge on any atom is 0.309 e. The molecule has 1 N–H and O–H groups in total. The summed E-state index contributed by atoms with van der Waals surface area (Å²) >= 11 is 0. The molecule has 0 aromatic rings. The third-order valence-corrected chi connectivity index (χ3v) is 3.35. The zero-order chi connectivity index (χ0) is 13.3. The number of carboxylic acids is 1. The Balaban J connectivity index is 2.53. The fourth-order valence-corrected chi connectivity index (χ4v) is 2.09. The van der Waals surface area contributed by atoms with E-state index in [4.69, 9.17) is 9.84 Å². The van der Waals surface area contributed by atoms with E-state index in [0.717, 1.165) is 0 Å². The highest BCUT2D eigenvalue weighted by atomic mass is 16.6. The first-order valence-corrected chi connectivity index (χ1v) is 6.10. The van der Waals surface area contributed by atoms with Crippen LogP contribution in [0.1, 0.15) is 53.4 Å². The summed E-state index contributed by atoms with van der Waals surface area (Å²) in [7, 11) is 0. The van der Waals surface area contributed by atoms with E-state index in [2.05, 4.69) is 0 Å². The lowest BCUT2D eigenvalue weighted by Crippen LogP contribution is -2.36. The quantitative estimate of drug-likeness (QED) is 0.756. The van der Waals surface area contributed by atoms with E-state index in [1.807, 2.05) is 20.8 Å². The highest BCUT2D eigenvalue weighted by Crippen LogP contribution is 2.39. The monoisotopic (exact) mass is 242 g/mol. The van der Waals surface area contributed by atoms with Crippen LogP contribution in [0.4, 0.5) is 0 Å². The Morgan fingerprint density at radius 1 is 1.24 bits per heavy atom. The average Bonchev–Trinajstić information content (AvgIpc) is 2.15. The van der Waals surface area contributed by atoms with Gasteiger partial charge in [-0.25, -0.2) is 0 Å². The summed E-state index contributed by atoms with van der Waals surface area (Å²) in [6.07, 6.45) is 2.31. The van der Waals surface area contributed by atoms with E-state index < -0.39 is 17.0 Å². The molecular formula is C13H22O4. The topological polar surface area (TPSA) is 63.6 Å². The summed E-state index contributed by atoms with van der Waals surface area (Å²) in [5.41, 5.74) is -1.14. The van der Waals surface area contributed by atoms with Crippen LogP contribution >= 0.6 is 0 Å². The van der Waals surface area contributed by atoms with Crippen LogP contribution in [0.5, 0.6) is 0 Å². The summed E-state index contributed by atoms with van der Waals surface area (Å²) in [5.74, 6) is -1.09. The van der Waals surface area contributed by atoms with Crippen molar-refractivity contribution in [3.05, 3.63) is 0 Å².